The van der Waals surface area contributed by atoms with Gasteiger partial charge < -0.3 is 24.8 Å². The molecule has 1 N–H and O–H groups in total. The topological polar surface area (TPSA) is 75.1 Å². The van der Waals surface area contributed by atoms with Crippen LogP contribution >= 0.6 is 0 Å². The molecular formula is C37H49F3N6O2. The van der Waals surface area contributed by atoms with Gasteiger partial charge in [-0.05, 0) is 120 Å². The number of carbonyl (C=O) groups excluding carboxylic acids is 1. The molecule has 3 aliphatic heterocycles. The summed E-state index contributed by atoms with van der Waals surface area (Å²) in [7, 11) is 5.17. The molecule has 4 aliphatic rings. The van der Waals surface area contributed by atoms with Gasteiger partial charge in [-0.3, -0.25) is 4.90 Å². The van der Waals surface area contributed by atoms with E-state index in [1.165, 1.54) is 19.2 Å². The molecule has 11 heteroatoms. The maximum atomic E-state index is 16.2. The predicted molar refractivity (Wildman–Crippen MR) is 180 cm³/mol. The molecule has 3 heterocycles. The summed E-state index contributed by atoms with van der Waals surface area (Å²) in [6, 6.07) is 12.0. The number of methoxy groups -OCH3 is 1. The van der Waals surface area contributed by atoms with E-state index in [2.05, 4.69) is 27.3 Å². The first-order valence-corrected chi connectivity index (χ1v) is 17.4. The number of hydrogen-bond acceptors (Lipinski definition) is 7. The van der Waals surface area contributed by atoms with Crippen molar-refractivity contribution >= 4 is 11.8 Å². The summed E-state index contributed by atoms with van der Waals surface area (Å²) in [5.41, 5.74) is 0.514. The molecule has 8 nitrogen and oxygen atoms in total. The van der Waals surface area contributed by atoms with Crippen LogP contribution in [0.4, 0.5) is 23.7 Å². The zero-order chi connectivity index (χ0) is 34.1. The fourth-order valence-corrected chi connectivity index (χ4v) is 9.08. The van der Waals surface area contributed by atoms with Gasteiger partial charge in [-0.15, -0.1) is 0 Å². The second-order valence-corrected chi connectivity index (χ2v) is 14.8. The minimum absolute atomic E-state index is 0.0732. The SMILES string of the molecule is COC(=O)N[C@H]1CCC[C@@H]1[C@](CN1CCC1)(c1cccc(F)c1)C1CCN(CC2(F)CN(c3cc(CN(C)C)c(C#N)cc3F)C2)CC1. The number of rotatable bonds is 11. The molecule has 2 aromatic rings. The van der Waals surface area contributed by atoms with E-state index < -0.39 is 17.6 Å². The third kappa shape index (κ3) is 7.03. The Morgan fingerprint density at radius 3 is 2.44 bits per heavy atom. The fraction of sp³-hybridized carbons (Fsp3) is 0.622. The maximum absolute atomic E-state index is 16.2. The first-order chi connectivity index (χ1) is 23.0. The second-order valence-electron chi connectivity index (χ2n) is 14.8. The number of ether oxygens (including phenoxy) is 1. The third-order valence-corrected chi connectivity index (χ3v) is 11.4. The second kappa shape index (κ2) is 14.3. The zero-order valence-electron chi connectivity index (χ0n) is 28.5. The van der Waals surface area contributed by atoms with Gasteiger partial charge in [0.2, 0.25) is 0 Å². The smallest absolute Gasteiger partial charge is 0.407 e. The molecule has 0 unspecified atom stereocenters. The molecule has 48 heavy (non-hydrogen) atoms. The van der Waals surface area contributed by atoms with E-state index in [9.17, 15) is 14.4 Å². The Hall–Kier alpha value is -3.33. The first kappa shape index (κ1) is 34.5. The standard InChI is InChI=1S/C37H49F3N6O2/c1-43(2)21-27-18-34(32(39)17-26(27)20-41)46-23-36(40,24-46)22-45-15-11-28(12-16-45)37(25-44-13-6-14-44,29-7-4-8-30(38)19-29)31-9-5-10-33(31)42-35(47)48-3/h4,7-8,17-19,28,31,33H,5-6,9-16,21-25H2,1-3H3,(H,42,47)/t31-,33-,37-/m0/s1. The number of nitrogens with one attached hydrogen (secondary N) is 1. The number of halogens is 3. The number of likely N-dealkylation sites (tertiary alicyclic amines) is 2. The highest BCUT2D eigenvalue weighted by Gasteiger charge is 2.54. The van der Waals surface area contributed by atoms with Gasteiger partial charge in [-0.25, -0.2) is 18.0 Å². The van der Waals surface area contributed by atoms with Crippen LogP contribution in [0.5, 0.6) is 0 Å². The van der Waals surface area contributed by atoms with Gasteiger partial charge in [-0.2, -0.15) is 5.26 Å². The highest BCUT2D eigenvalue weighted by molar-refractivity contribution is 5.67. The average molecular weight is 667 g/mol. The lowest BCUT2D eigenvalue weighted by atomic mass is 9.57. The molecule has 260 valence electrons. The van der Waals surface area contributed by atoms with Gasteiger partial charge in [0.05, 0.1) is 37.5 Å². The van der Waals surface area contributed by atoms with Crippen LogP contribution in [0, 0.1) is 34.8 Å². The number of nitriles is 1. The average Bonchev–Trinajstić information content (AvgIpc) is 3.48. The molecule has 0 radical (unpaired) electrons. The molecular weight excluding hydrogens is 617 g/mol. The highest BCUT2D eigenvalue weighted by atomic mass is 19.1. The van der Waals surface area contributed by atoms with Gasteiger partial charge in [0.15, 0.2) is 5.67 Å². The number of piperidine rings is 1. The van der Waals surface area contributed by atoms with Crippen molar-refractivity contribution < 1.29 is 22.7 Å². The van der Waals surface area contributed by atoms with E-state index in [4.69, 9.17) is 4.74 Å². The van der Waals surface area contributed by atoms with Crippen molar-refractivity contribution in [3.05, 3.63) is 64.7 Å². The summed E-state index contributed by atoms with van der Waals surface area (Å²) in [5.74, 6) is -0.421. The number of amides is 1. The van der Waals surface area contributed by atoms with Gasteiger partial charge in [-0.1, -0.05) is 18.6 Å². The molecule has 3 saturated heterocycles. The van der Waals surface area contributed by atoms with E-state index in [0.29, 0.717) is 30.9 Å². The lowest BCUT2D eigenvalue weighted by Crippen LogP contribution is -2.65. The molecule has 0 aromatic heterocycles. The molecule has 6 rings (SSSR count). The van der Waals surface area contributed by atoms with Crippen molar-refractivity contribution in [3.63, 3.8) is 0 Å². The Kier molecular flexibility index (Phi) is 10.3. The van der Waals surface area contributed by atoms with Crippen molar-refractivity contribution in [1.29, 1.82) is 5.26 Å². The van der Waals surface area contributed by atoms with E-state index in [1.807, 2.05) is 19.0 Å². The van der Waals surface area contributed by atoms with E-state index in [1.54, 1.807) is 23.1 Å². The lowest BCUT2D eigenvalue weighted by Gasteiger charge is -2.54. The van der Waals surface area contributed by atoms with Crippen LogP contribution in [0.2, 0.25) is 0 Å². The van der Waals surface area contributed by atoms with Crippen LogP contribution in [-0.4, -0.2) is 106 Å². The first-order valence-electron chi connectivity index (χ1n) is 17.4. The van der Waals surface area contributed by atoms with Crippen LogP contribution in [0.1, 0.15) is 55.2 Å². The minimum atomic E-state index is -1.47. The summed E-state index contributed by atoms with van der Waals surface area (Å²) < 4.78 is 51.1. The monoisotopic (exact) mass is 666 g/mol. The summed E-state index contributed by atoms with van der Waals surface area (Å²) in [5, 5.41) is 12.6. The van der Waals surface area contributed by atoms with E-state index in [-0.39, 0.29) is 48.7 Å². The van der Waals surface area contributed by atoms with Crippen LogP contribution in [-0.2, 0) is 16.7 Å². The molecule has 1 saturated carbocycles. The van der Waals surface area contributed by atoms with Crippen molar-refractivity contribution in [1.82, 2.24) is 20.0 Å². The Morgan fingerprint density at radius 2 is 1.81 bits per heavy atom. The quantitative estimate of drug-likeness (QED) is 0.349. The molecule has 4 fully saturated rings. The number of anilines is 1. The Bertz CT molecular complexity index is 1500. The number of alkyl halides is 1. The van der Waals surface area contributed by atoms with E-state index in [0.717, 1.165) is 69.3 Å². The van der Waals surface area contributed by atoms with Crippen molar-refractivity contribution in [2.45, 2.75) is 62.2 Å². The number of benzene rings is 2. The summed E-state index contributed by atoms with van der Waals surface area (Å²) >= 11 is 0. The van der Waals surface area contributed by atoms with Gasteiger partial charge >= 0.3 is 6.09 Å². The Morgan fingerprint density at radius 1 is 1.06 bits per heavy atom. The summed E-state index contributed by atoms with van der Waals surface area (Å²) in [6.45, 7) is 5.22. The highest BCUT2D eigenvalue weighted by Crippen LogP contribution is 2.51. The van der Waals surface area contributed by atoms with Crippen LogP contribution < -0.4 is 10.2 Å². The van der Waals surface area contributed by atoms with Gasteiger partial charge in [0.25, 0.3) is 0 Å². The molecule has 1 amide bonds. The number of carbonyl (C=O) groups is 1. The minimum Gasteiger partial charge on any atom is -0.453 e. The third-order valence-electron chi connectivity index (χ3n) is 11.4. The predicted octanol–water partition coefficient (Wildman–Crippen LogP) is 5.31. The van der Waals surface area contributed by atoms with Crippen molar-refractivity contribution in [3.8, 4) is 6.07 Å². The lowest BCUT2D eigenvalue weighted by molar-refractivity contribution is 0.00575. The normalized spacial score (nSPS) is 24.4. The largest absolute Gasteiger partial charge is 0.453 e. The molecule has 1 aliphatic carbocycles. The molecule has 2 aromatic carbocycles. The summed E-state index contributed by atoms with van der Waals surface area (Å²) in [6.07, 6.45) is 5.15. The number of hydrogen-bond donors (Lipinski definition) is 1. The Labute approximate surface area is 282 Å². The Balaban J connectivity index is 1.18. The zero-order valence-corrected chi connectivity index (χ0v) is 28.5. The van der Waals surface area contributed by atoms with Gasteiger partial charge in [0.1, 0.15) is 11.6 Å². The molecule has 3 atom stereocenters. The number of nitrogens with zero attached hydrogens (tertiary/aromatic N) is 5. The van der Waals surface area contributed by atoms with Crippen molar-refractivity contribution in [2.24, 2.45) is 11.8 Å². The summed E-state index contributed by atoms with van der Waals surface area (Å²) in [4.78, 5) is 20.8. The van der Waals surface area contributed by atoms with Crippen LogP contribution in [0.25, 0.3) is 0 Å². The number of alkyl carbamates (subject to hydrolysis) is 1. The van der Waals surface area contributed by atoms with Gasteiger partial charge in [0, 0.05) is 31.1 Å². The van der Waals surface area contributed by atoms with Crippen LogP contribution in [0.3, 0.4) is 0 Å². The fourth-order valence-electron chi connectivity index (χ4n) is 9.08. The molecule has 0 spiro atoms. The van der Waals surface area contributed by atoms with Crippen molar-refractivity contribution in [2.75, 3.05) is 78.5 Å². The van der Waals surface area contributed by atoms with Crippen LogP contribution in [0.15, 0.2) is 36.4 Å². The maximum Gasteiger partial charge on any atom is 0.407 e. The molecule has 0 bridgehead atoms. The van der Waals surface area contributed by atoms with E-state index >= 15 is 8.78 Å².